The second-order valence-electron chi connectivity index (χ2n) is 17.7. The Morgan fingerprint density at radius 1 is 0.929 bits per heavy atom. The second kappa shape index (κ2) is 19.1. The smallest absolute Gasteiger partial charge is 0.437 e. The van der Waals surface area contributed by atoms with Crippen molar-refractivity contribution in [2.75, 3.05) is 27.4 Å². The molecule has 0 saturated carbocycles. The van der Waals surface area contributed by atoms with Gasteiger partial charge in [-0.15, -0.1) is 4.99 Å². The molecule has 2 aromatic heterocycles. The number of likely N-dealkylation sites (tertiary alicyclic amines) is 1. The molecule has 366 valence electrons. The highest BCUT2D eigenvalue weighted by Crippen LogP contribution is 2.58. The van der Waals surface area contributed by atoms with E-state index in [-0.39, 0.29) is 53.7 Å². The number of aromatic nitrogens is 5. The van der Waals surface area contributed by atoms with Crippen LogP contribution in [-0.4, -0.2) is 91.7 Å². The van der Waals surface area contributed by atoms with Crippen LogP contribution in [0.1, 0.15) is 62.9 Å². The molecular formula is C49H48ClF4N9O7. The highest BCUT2D eigenvalue weighted by molar-refractivity contribution is 6.33. The third-order valence-electron chi connectivity index (χ3n) is 11.9. The van der Waals surface area contributed by atoms with E-state index in [4.69, 9.17) is 30.5 Å². The topological polar surface area (TPSA) is 168 Å². The van der Waals surface area contributed by atoms with Crippen LogP contribution in [0.3, 0.4) is 0 Å². The number of hydrogen-bond acceptors (Lipinski definition) is 10. The van der Waals surface area contributed by atoms with Gasteiger partial charge in [0.05, 0.1) is 45.1 Å². The summed E-state index contributed by atoms with van der Waals surface area (Å²) in [6, 6.07) is 23.9. The van der Waals surface area contributed by atoms with E-state index in [1.54, 1.807) is 72.8 Å². The predicted octanol–water partition coefficient (Wildman–Crippen LogP) is 9.64. The standard InChI is InChI=1S/C49H48ClF4N9O7/c1-7-69-45(66)61-28-48(53,54)49(61,35-18-20-38(50)37(21-35)40-55-29-60(59-40)24-32-15-19-36(67-5)22-39(32)68-6)63-41(64)47(27-46(2,3)4,58-43(63)57-44(65)70-26-30-11-9-8-10-12-30)34-16-13-31(14-17-34)33-23-56-62(25-33)42(51)52/h8-23,25,29,42H,7,24,26-28H2,1-6H3,(H,57,58,65). The molecule has 0 aliphatic carbocycles. The molecule has 2 atom stereocenters. The van der Waals surface area contributed by atoms with Gasteiger partial charge in [-0.1, -0.05) is 93.0 Å². The van der Waals surface area contributed by atoms with Crippen LogP contribution in [0.4, 0.5) is 27.2 Å². The predicted molar refractivity (Wildman–Crippen MR) is 248 cm³/mol. The normalized spacial score (nSPS) is 19.3. The van der Waals surface area contributed by atoms with Gasteiger partial charge < -0.3 is 24.3 Å². The average molecular weight is 986 g/mol. The summed E-state index contributed by atoms with van der Waals surface area (Å²) < 4.78 is 85.9. The largest absolute Gasteiger partial charge is 0.497 e. The third-order valence-corrected chi connectivity index (χ3v) is 12.2. The second-order valence-corrected chi connectivity index (χ2v) is 18.2. The van der Waals surface area contributed by atoms with Crippen LogP contribution < -0.4 is 14.8 Å². The van der Waals surface area contributed by atoms with Crippen LogP contribution in [0.15, 0.2) is 115 Å². The van der Waals surface area contributed by atoms with Gasteiger partial charge in [-0.25, -0.2) is 28.8 Å². The van der Waals surface area contributed by atoms with Crippen molar-refractivity contribution in [1.82, 2.24) is 39.7 Å². The number of nitrogens with zero attached hydrogens (tertiary/aromatic N) is 8. The van der Waals surface area contributed by atoms with Crippen molar-refractivity contribution in [1.29, 1.82) is 0 Å². The van der Waals surface area contributed by atoms with Crippen LogP contribution in [0.2, 0.25) is 5.02 Å². The van der Waals surface area contributed by atoms with Crippen LogP contribution in [0, 0.1) is 5.41 Å². The van der Waals surface area contributed by atoms with Gasteiger partial charge in [0, 0.05) is 34.5 Å². The van der Waals surface area contributed by atoms with E-state index < -0.39 is 59.7 Å². The van der Waals surface area contributed by atoms with Gasteiger partial charge in [0.25, 0.3) is 5.91 Å². The SMILES string of the molecule is CCOC(=O)N1CC(F)(F)C1(c1ccc(Cl)c(-c2ncn(Cc3ccc(OC)cc3OC)n2)c1)N1C(=O)C(CC(C)(C)C)(c2ccc(-c3cnn(C(F)F)c3)cc2)NC1=NC(=O)OCc1ccccc1. The van der Waals surface area contributed by atoms with Gasteiger partial charge >= 0.3 is 24.7 Å². The number of nitrogens with one attached hydrogen (secondary N) is 1. The number of carbonyl (C=O) groups excluding carboxylic acids is 3. The zero-order chi connectivity index (χ0) is 50.2. The Hall–Kier alpha value is -7.48. The van der Waals surface area contributed by atoms with Crippen molar-refractivity contribution in [3.05, 3.63) is 137 Å². The fraction of sp³-hybridized carbons (Fsp3) is 0.327. The summed E-state index contributed by atoms with van der Waals surface area (Å²) in [4.78, 5) is 53.9. The Labute approximate surface area is 404 Å². The summed E-state index contributed by atoms with van der Waals surface area (Å²) in [7, 11) is 3.03. The van der Waals surface area contributed by atoms with E-state index in [2.05, 4.69) is 25.5 Å². The molecule has 0 bridgehead atoms. The first-order valence-electron chi connectivity index (χ1n) is 21.9. The van der Waals surface area contributed by atoms with Crippen molar-refractivity contribution < 1.29 is 50.9 Å². The van der Waals surface area contributed by atoms with Gasteiger partial charge in [0.15, 0.2) is 5.82 Å². The lowest BCUT2D eigenvalue weighted by Gasteiger charge is -2.59. The molecule has 4 aromatic carbocycles. The van der Waals surface area contributed by atoms with E-state index in [0.29, 0.717) is 48.2 Å². The van der Waals surface area contributed by atoms with E-state index in [1.165, 1.54) is 56.5 Å². The summed E-state index contributed by atoms with van der Waals surface area (Å²) in [5.74, 6) is -4.60. The van der Waals surface area contributed by atoms with Crippen LogP contribution in [0.25, 0.3) is 22.5 Å². The lowest BCUT2D eigenvalue weighted by molar-refractivity contribution is -0.279. The maximum atomic E-state index is 17.6. The van der Waals surface area contributed by atoms with Gasteiger partial charge in [-0.3, -0.25) is 9.69 Å². The average Bonchev–Trinajstić information content (AvgIpc) is 4.08. The summed E-state index contributed by atoms with van der Waals surface area (Å²) in [5.41, 5.74) is -3.79. The number of aliphatic imine (C=N–C) groups is 1. The van der Waals surface area contributed by atoms with Crippen molar-refractivity contribution in [3.63, 3.8) is 0 Å². The van der Waals surface area contributed by atoms with Gasteiger partial charge in [-0.05, 0) is 59.7 Å². The molecule has 1 N–H and O–H groups in total. The first kappa shape index (κ1) is 49.0. The van der Waals surface area contributed by atoms with Crippen molar-refractivity contribution in [3.8, 4) is 34.0 Å². The van der Waals surface area contributed by atoms with E-state index in [1.807, 2.05) is 20.8 Å². The molecule has 2 unspecified atom stereocenters. The van der Waals surface area contributed by atoms with Crippen LogP contribution in [-0.2, 0) is 38.6 Å². The molecule has 2 saturated heterocycles. The molecule has 0 spiro atoms. The number of rotatable bonds is 14. The summed E-state index contributed by atoms with van der Waals surface area (Å²) in [6.07, 6.45) is 1.27. The number of alkyl halides is 4. The number of halogens is 5. The zero-order valence-corrected chi connectivity index (χ0v) is 39.6. The number of ether oxygens (including phenoxy) is 4. The Balaban J connectivity index is 1.30. The van der Waals surface area contributed by atoms with Crippen LogP contribution >= 0.6 is 11.6 Å². The van der Waals surface area contributed by atoms with Crippen LogP contribution in [0.5, 0.6) is 11.5 Å². The molecular weight excluding hydrogens is 938 g/mol. The molecule has 4 heterocycles. The van der Waals surface area contributed by atoms with Crippen molar-refractivity contribution in [2.24, 2.45) is 10.4 Å². The monoisotopic (exact) mass is 985 g/mol. The highest BCUT2D eigenvalue weighted by Gasteiger charge is 2.78. The molecule has 3 amide bonds. The summed E-state index contributed by atoms with van der Waals surface area (Å²) >= 11 is 6.82. The maximum Gasteiger partial charge on any atom is 0.437 e. The Bertz CT molecular complexity index is 2950. The molecule has 2 aliphatic heterocycles. The first-order chi connectivity index (χ1) is 33.3. The highest BCUT2D eigenvalue weighted by atomic mass is 35.5. The maximum absolute atomic E-state index is 17.6. The van der Waals surface area contributed by atoms with Gasteiger partial charge in [0.1, 0.15) is 30.0 Å². The molecule has 2 fully saturated rings. The Kier molecular flexibility index (Phi) is 13.4. The van der Waals surface area contributed by atoms with Crippen molar-refractivity contribution in [2.45, 2.75) is 70.9 Å². The van der Waals surface area contributed by atoms with E-state index in [0.717, 1.165) is 6.20 Å². The minimum absolute atomic E-state index is 0.00492. The van der Waals surface area contributed by atoms with Gasteiger partial charge in [-0.2, -0.15) is 27.8 Å². The third kappa shape index (κ3) is 9.10. The number of benzene rings is 4. The number of hydrogen-bond donors (Lipinski definition) is 1. The van der Waals surface area contributed by atoms with Crippen molar-refractivity contribution >= 4 is 35.7 Å². The van der Waals surface area contributed by atoms with E-state index >= 15 is 13.6 Å². The molecule has 16 nitrogen and oxygen atoms in total. The number of amides is 3. The summed E-state index contributed by atoms with van der Waals surface area (Å²) in [6.45, 7) is 2.54. The Morgan fingerprint density at radius 3 is 2.30 bits per heavy atom. The molecule has 0 radical (unpaired) electrons. The number of carbonyl (C=O) groups is 3. The molecule has 21 heteroatoms. The molecule has 2 aliphatic rings. The quantitative estimate of drug-likeness (QED) is 0.103. The lowest BCUT2D eigenvalue weighted by Crippen LogP contribution is -2.81. The molecule has 70 heavy (non-hydrogen) atoms. The van der Waals surface area contributed by atoms with E-state index in [9.17, 15) is 18.4 Å². The first-order valence-corrected chi connectivity index (χ1v) is 22.3. The zero-order valence-electron chi connectivity index (χ0n) is 38.8. The molecule has 8 rings (SSSR count). The number of guanidine groups is 1. The minimum Gasteiger partial charge on any atom is -0.497 e. The Morgan fingerprint density at radius 2 is 1.66 bits per heavy atom. The van der Waals surface area contributed by atoms with Gasteiger partial charge in [0.2, 0.25) is 11.6 Å². The molecule has 6 aromatic rings. The minimum atomic E-state index is -3.98. The number of methoxy groups -OCH3 is 2. The lowest BCUT2D eigenvalue weighted by atomic mass is 9.74. The fourth-order valence-corrected chi connectivity index (χ4v) is 9.03. The summed E-state index contributed by atoms with van der Waals surface area (Å²) in [5, 5.41) is 11.5. The fourth-order valence-electron chi connectivity index (χ4n) is 8.83.